The van der Waals surface area contributed by atoms with Gasteiger partial charge in [-0.3, -0.25) is 18.2 Å². The van der Waals surface area contributed by atoms with Crippen LogP contribution >= 0.6 is 48.8 Å². The number of carbonyl (C=O) groups excluding carboxylic acids is 2. The number of rotatable bonds is 2. The van der Waals surface area contributed by atoms with Crippen LogP contribution in [-0.4, -0.2) is 11.8 Å². The molecule has 0 aliphatic heterocycles. The van der Waals surface area contributed by atoms with Crippen molar-refractivity contribution in [2.45, 2.75) is 13.8 Å². The van der Waals surface area contributed by atoms with Gasteiger partial charge in [-0.15, -0.1) is 0 Å². The molecule has 0 bridgehead atoms. The Bertz CT molecular complexity index is 465. The first-order chi connectivity index (χ1) is 8.25. The van der Waals surface area contributed by atoms with Crippen molar-refractivity contribution in [3.8, 4) is 0 Å². The molecule has 1 rings (SSSR count). The first-order valence-corrected chi connectivity index (χ1v) is 6.29. The van der Waals surface area contributed by atoms with Crippen LogP contribution in [0, 0.1) is 0 Å². The lowest BCUT2D eigenvalue weighted by molar-refractivity contribution is -0.116. The molecule has 0 N–H and O–H groups in total. The predicted octanol–water partition coefficient (Wildman–Crippen LogP) is 3.39. The van der Waals surface area contributed by atoms with Crippen LogP contribution in [0.5, 0.6) is 0 Å². The molecule has 0 saturated heterocycles. The van der Waals surface area contributed by atoms with E-state index in [2.05, 4.69) is 25.6 Å². The third-order valence-electron chi connectivity index (χ3n) is 2.07. The highest BCUT2D eigenvalue weighted by atomic mass is 35.5. The van der Waals surface area contributed by atoms with Crippen LogP contribution in [0.1, 0.15) is 13.8 Å². The van der Waals surface area contributed by atoms with Gasteiger partial charge < -0.3 is 0 Å². The Morgan fingerprint density at radius 1 is 0.944 bits per heavy atom. The molecule has 0 aliphatic carbocycles. The van der Waals surface area contributed by atoms with E-state index in [0.29, 0.717) is 11.4 Å². The fraction of sp³-hybridized carbons (Fsp3) is 0.200. The second kappa shape index (κ2) is 6.06. The second-order valence-corrected chi connectivity index (χ2v) is 5.03. The van der Waals surface area contributed by atoms with Gasteiger partial charge in [0.1, 0.15) is 0 Å². The lowest BCUT2D eigenvalue weighted by Crippen LogP contribution is -2.19. The van der Waals surface area contributed by atoms with Gasteiger partial charge in [0.25, 0.3) is 0 Å². The summed E-state index contributed by atoms with van der Waals surface area (Å²) in [7, 11) is 0. The van der Waals surface area contributed by atoms with Crippen molar-refractivity contribution in [1.29, 1.82) is 0 Å². The van der Waals surface area contributed by atoms with Gasteiger partial charge in [-0.25, -0.2) is 0 Å². The van der Waals surface area contributed by atoms with Crippen LogP contribution in [0.15, 0.2) is 12.1 Å². The molecule has 0 spiro atoms. The average Bonchev–Trinajstić information content (AvgIpc) is 2.29. The van der Waals surface area contributed by atoms with Gasteiger partial charge in [0, 0.05) is 13.8 Å². The molecule has 0 aliphatic rings. The maximum absolute atomic E-state index is 11.2. The number of thiol groups is 2. The van der Waals surface area contributed by atoms with Gasteiger partial charge in [-0.05, 0) is 12.1 Å². The molecule has 1 aromatic rings. The maximum Gasteiger partial charge on any atom is 0.233 e. The van der Waals surface area contributed by atoms with Crippen LogP contribution in [0.3, 0.4) is 0 Å². The average molecular weight is 325 g/mol. The van der Waals surface area contributed by atoms with Crippen molar-refractivity contribution in [2.75, 3.05) is 8.61 Å². The van der Waals surface area contributed by atoms with Crippen molar-refractivity contribution >= 4 is 72.0 Å². The molecule has 0 heterocycles. The predicted molar refractivity (Wildman–Crippen MR) is 80.8 cm³/mol. The Kier molecular flexibility index (Phi) is 5.21. The number of hydrogen-bond donors (Lipinski definition) is 2. The smallest absolute Gasteiger partial charge is 0.233 e. The van der Waals surface area contributed by atoms with Gasteiger partial charge in [-0.2, -0.15) is 0 Å². The number of halogens is 2. The van der Waals surface area contributed by atoms with Crippen LogP contribution in [0.25, 0.3) is 0 Å². The molecule has 8 heteroatoms. The van der Waals surface area contributed by atoms with Gasteiger partial charge in [0.05, 0.1) is 21.4 Å². The molecule has 2 amide bonds. The first kappa shape index (κ1) is 15.5. The summed E-state index contributed by atoms with van der Waals surface area (Å²) in [6.07, 6.45) is 0. The summed E-state index contributed by atoms with van der Waals surface area (Å²) in [6, 6.07) is 2.89. The molecule has 0 radical (unpaired) electrons. The fourth-order valence-corrected chi connectivity index (χ4v) is 2.12. The van der Waals surface area contributed by atoms with Crippen LogP contribution in [-0.2, 0) is 9.59 Å². The summed E-state index contributed by atoms with van der Waals surface area (Å²) < 4.78 is 2.13. The molecule has 18 heavy (non-hydrogen) atoms. The monoisotopic (exact) mass is 324 g/mol. The number of amides is 2. The molecule has 0 saturated carbocycles. The van der Waals surface area contributed by atoms with Crippen LogP contribution in [0.4, 0.5) is 11.4 Å². The van der Waals surface area contributed by atoms with Gasteiger partial charge >= 0.3 is 0 Å². The minimum Gasteiger partial charge on any atom is -0.274 e. The largest absolute Gasteiger partial charge is 0.274 e. The minimum atomic E-state index is -0.307. The Morgan fingerprint density at radius 2 is 1.22 bits per heavy atom. The normalized spacial score (nSPS) is 10.1. The van der Waals surface area contributed by atoms with Crippen molar-refractivity contribution in [3.05, 3.63) is 22.2 Å². The van der Waals surface area contributed by atoms with E-state index in [-0.39, 0.29) is 21.9 Å². The van der Waals surface area contributed by atoms with E-state index in [1.165, 1.54) is 26.0 Å². The minimum absolute atomic E-state index is 0.236. The van der Waals surface area contributed by atoms with Crippen molar-refractivity contribution < 1.29 is 9.59 Å². The zero-order chi connectivity index (χ0) is 14.0. The number of anilines is 2. The lowest BCUT2D eigenvalue weighted by atomic mass is 10.2. The summed E-state index contributed by atoms with van der Waals surface area (Å²) in [5, 5.41) is 0.472. The van der Waals surface area contributed by atoms with E-state index in [1.807, 2.05) is 0 Å². The van der Waals surface area contributed by atoms with Gasteiger partial charge in [-0.1, -0.05) is 48.8 Å². The summed E-state index contributed by atoms with van der Waals surface area (Å²) in [5.41, 5.74) is 0.679. The molecule has 0 unspecified atom stereocenters. The number of nitrogens with zero attached hydrogens (tertiary/aromatic N) is 2. The molecular weight excluding hydrogens is 315 g/mol. The van der Waals surface area contributed by atoms with E-state index < -0.39 is 0 Å². The topological polar surface area (TPSA) is 40.6 Å². The molecule has 0 fully saturated rings. The van der Waals surface area contributed by atoms with E-state index in [4.69, 9.17) is 23.2 Å². The third-order valence-corrected chi connectivity index (χ3v) is 3.67. The van der Waals surface area contributed by atoms with Crippen molar-refractivity contribution in [1.82, 2.24) is 0 Å². The molecule has 1 aromatic carbocycles. The Balaban J connectivity index is 3.28. The fourth-order valence-electron chi connectivity index (χ4n) is 1.19. The van der Waals surface area contributed by atoms with Gasteiger partial charge in [0.15, 0.2) is 0 Å². The standard InChI is InChI=1S/C10H10Cl2N2O2S2/c1-5(15)13(17)9-3-8(12)10(4-7(9)11)14(18)6(2)16/h3-4,17-18H,1-2H3. The zero-order valence-corrected chi connectivity index (χ0v) is 12.8. The summed E-state index contributed by atoms with van der Waals surface area (Å²) in [4.78, 5) is 22.4. The molecule has 98 valence electrons. The summed E-state index contributed by atoms with van der Waals surface area (Å²) in [6.45, 7) is 2.68. The number of carbonyl (C=O) groups is 2. The highest BCUT2D eigenvalue weighted by molar-refractivity contribution is 7.83. The maximum atomic E-state index is 11.2. The van der Waals surface area contributed by atoms with E-state index >= 15 is 0 Å². The quantitative estimate of drug-likeness (QED) is 0.819. The first-order valence-electron chi connectivity index (χ1n) is 4.74. The van der Waals surface area contributed by atoms with Crippen molar-refractivity contribution in [2.24, 2.45) is 0 Å². The molecule has 4 nitrogen and oxygen atoms in total. The van der Waals surface area contributed by atoms with E-state index in [1.54, 1.807) is 0 Å². The Morgan fingerprint density at radius 3 is 1.44 bits per heavy atom. The molecule has 0 atom stereocenters. The van der Waals surface area contributed by atoms with Gasteiger partial charge in [0.2, 0.25) is 11.8 Å². The SMILES string of the molecule is CC(=O)N(S)c1cc(Cl)c(N(S)C(C)=O)cc1Cl. The highest BCUT2D eigenvalue weighted by Crippen LogP contribution is 2.38. The molecule has 0 aromatic heterocycles. The van der Waals surface area contributed by atoms with Crippen LogP contribution < -0.4 is 8.61 Å². The third kappa shape index (κ3) is 3.26. The molecular formula is C10H10Cl2N2O2S2. The Labute approximate surface area is 126 Å². The van der Waals surface area contributed by atoms with E-state index in [9.17, 15) is 9.59 Å². The van der Waals surface area contributed by atoms with E-state index in [0.717, 1.165) is 8.61 Å². The Hall–Kier alpha value is -0.560. The van der Waals surface area contributed by atoms with Crippen LogP contribution in [0.2, 0.25) is 10.0 Å². The zero-order valence-electron chi connectivity index (χ0n) is 9.52. The number of benzene rings is 1. The second-order valence-electron chi connectivity index (χ2n) is 3.42. The highest BCUT2D eigenvalue weighted by Gasteiger charge is 2.18. The summed E-state index contributed by atoms with van der Waals surface area (Å²) in [5.74, 6) is -0.614. The summed E-state index contributed by atoms with van der Waals surface area (Å²) >= 11 is 20.0. The van der Waals surface area contributed by atoms with Crippen molar-refractivity contribution in [3.63, 3.8) is 0 Å². The lowest BCUT2D eigenvalue weighted by Gasteiger charge is -2.20. The number of hydrogen-bond acceptors (Lipinski definition) is 4.